The molecule has 76 valence electrons. The third kappa shape index (κ3) is 1.63. The first-order valence-corrected chi connectivity index (χ1v) is 4.77. The van der Waals surface area contributed by atoms with Crippen molar-refractivity contribution in [1.82, 2.24) is 9.78 Å². The Balaban J connectivity index is 2.26. The van der Waals surface area contributed by atoms with Crippen LogP contribution >= 0.6 is 0 Å². The van der Waals surface area contributed by atoms with Crippen LogP contribution in [0.1, 0.15) is 30.1 Å². The Hall–Kier alpha value is -1.36. The summed E-state index contributed by atoms with van der Waals surface area (Å²) >= 11 is 0. The standard InChI is InChI=1S/C9H14N4O/c10-7-3-1-2-6-4-13(5-8(11)14)12-9(6)7/h4,7H,1-3,5,10H2,(H2,11,14)/t7-/m0/s1. The molecule has 1 aliphatic carbocycles. The number of hydrogen-bond donors (Lipinski definition) is 2. The van der Waals surface area contributed by atoms with Gasteiger partial charge in [0.2, 0.25) is 5.91 Å². The van der Waals surface area contributed by atoms with E-state index in [1.807, 2.05) is 6.20 Å². The maximum Gasteiger partial charge on any atom is 0.239 e. The first-order valence-electron chi connectivity index (χ1n) is 4.77. The van der Waals surface area contributed by atoms with Crippen LogP contribution in [-0.4, -0.2) is 15.7 Å². The number of primary amides is 1. The van der Waals surface area contributed by atoms with E-state index in [9.17, 15) is 4.79 Å². The van der Waals surface area contributed by atoms with Gasteiger partial charge in [0.25, 0.3) is 0 Å². The Bertz CT molecular complexity index is 358. The van der Waals surface area contributed by atoms with Crippen molar-refractivity contribution in [1.29, 1.82) is 0 Å². The number of carbonyl (C=O) groups is 1. The molecule has 0 fully saturated rings. The van der Waals surface area contributed by atoms with Crippen molar-refractivity contribution < 1.29 is 4.79 Å². The summed E-state index contributed by atoms with van der Waals surface area (Å²) < 4.78 is 1.58. The average Bonchev–Trinajstić information content (AvgIpc) is 2.47. The lowest BCUT2D eigenvalue weighted by Gasteiger charge is -2.15. The van der Waals surface area contributed by atoms with Gasteiger partial charge in [-0.3, -0.25) is 9.48 Å². The number of fused-ring (bicyclic) bond motifs is 1. The minimum atomic E-state index is -0.376. The van der Waals surface area contributed by atoms with Crippen LogP contribution in [0.4, 0.5) is 0 Å². The Morgan fingerprint density at radius 2 is 2.50 bits per heavy atom. The molecule has 0 unspecified atom stereocenters. The van der Waals surface area contributed by atoms with E-state index in [1.54, 1.807) is 4.68 Å². The van der Waals surface area contributed by atoms with Crippen LogP contribution in [-0.2, 0) is 17.8 Å². The maximum absolute atomic E-state index is 10.7. The van der Waals surface area contributed by atoms with Crippen LogP contribution in [0.3, 0.4) is 0 Å². The molecule has 5 heteroatoms. The van der Waals surface area contributed by atoms with Gasteiger partial charge in [0.15, 0.2) is 0 Å². The highest BCUT2D eigenvalue weighted by molar-refractivity contribution is 5.73. The van der Waals surface area contributed by atoms with Gasteiger partial charge in [-0.2, -0.15) is 5.10 Å². The second kappa shape index (κ2) is 3.42. The summed E-state index contributed by atoms with van der Waals surface area (Å²) in [4.78, 5) is 10.7. The Kier molecular flexibility index (Phi) is 2.25. The van der Waals surface area contributed by atoms with E-state index in [1.165, 1.54) is 0 Å². The van der Waals surface area contributed by atoms with Gasteiger partial charge in [-0.25, -0.2) is 0 Å². The van der Waals surface area contributed by atoms with Crippen molar-refractivity contribution in [2.24, 2.45) is 11.5 Å². The normalized spacial score (nSPS) is 20.5. The highest BCUT2D eigenvalue weighted by Crippen LogP contribution is 2.26. The fourth-order valence-electron chi connectivity index (χ4n) is 1.87. The summed E-state index contributed by atoms with van der Waals surface area (Å²) in [5, 5.41) is 4.26. The minimum Gasteiger partial charge on any atom is -0.368 e. The Labute approximate surface area is 82.1 Å². The van der Waals surface area contributed by atoms with Crippen LogP contribution < -0.4 is 11.5 Å². The number of nitrogens with two attached hydrogens (primary N) is 2. The number of aromatic nitrogens is 2. The van der Waals surface area contributed by atoms with E-state index in [-0.39, 0.29) is 18.5 Å². The van der Waals surface area contributed by atoms with Gasteiger partial charge in [-0.1, -0.05) is 0 Å². The predicted molar refractivity (Wildman–Crippen MR) is 51.3 cm³/mol. The molecule has 0 bridgehead atoms. The zero-order valence-corrected chi connectivity index (χ0v) is 7.94. The molecule has 1 amide bonds. The van der Waals surface area contributed by atoms with Gasteiger partial charge < -0.3 is 11.5 Å². The lowest BCUT2D eigenvalue weighted by atomic mass is 9.95. The lowest BCUT2D eigenvalue weighted by molar-refractivity contribution is -0.118. The van der Waals surface area contributed by atoms with E-state index in [0.717, 1.165) is 30.5 Å². The number of nitrogens with zero attached hydrogens (tertiary/aromatic N) is 2. The van der Waals surface area contributed by atoms with Gasteiger partial charge in [0.05, 0.1) is 5.69 Å². The highest BCUT2D eigenvalue weighted by Gasteiger charge is 2.20. The summed E-state index contributed by atoms with van der Waals surface area (Å²) in [6.45, 7) is 0.139. The quantitative estimate of drug-likeness (QED) is 0.677. The molecule has 2 rings (SSSR count). The van der Waals surface area contributed by atoms with Crippen molar-refractivity contribution in [3.63, 3.8) is 0 Å². The lowest BCUT2D eigenvalue weighted by Crippen LogP contribution is -2.20. The molecule has 14 heavy (non-hydrogen) atoms. The molecule has 0 spiro atoms. The van der Waals surface area contributed by atoms with E-state index in [0.29, 0.717) is 0 Å². The average molecular weight is 194 g/mol. The molecule has 0 aromatic carbocycles. The SMILES string of the molecule is NC(=O)Cn1cc2c(n1)[C@@H](N)CCC2. The third-order valence-corrected chi connectivity index (χ3v) is 2.50. The fourth-order valence-corrected chi connectivity index (χ4v) is 1.87. The largest absolute Gasteiger partial charge is 0.368 e. The van der Waals surface area contributed by atoms with Crippen molar-refractivity contribution in [2.45, 2.75) is 31.8 Å². The van der Waals surface area contributed by atoms with Gasteiger partial charge in [-0.15, -0.1) is 0 Å². The third-order valence-electron chi connectivity index (χ3n) is 2.50. The number of aryl methyl sites for hydroxylation is 1. The summed E-state index contributed by atoms with van der Waals surface area (Å²) in [5.74, 6) is -0.376. The highest BCUT2D eigenvalue weighted by atomic mass is 16.1. The van der Waals surface area contributed by atoms with E-state index in [4.69, 9.17) is 11.5 Å². The second-order valence-corrected chi connectivity index (χ2v) is 3.70. The van der Waals surface area contributed by atoms with Crippen LogP contribution in [0.15, 0.2) is 6.20 Å². The molecule has 1 heterocycles. The molecule has 1 aromatic heterocycles. The molecule has 0 saturated carbocycles. The van der Waals surface area contributed by atoms with Crippen molar-refractivity contribution >= 4 is 5.91 Å². The van der Waals surface area contributed by atoms with Crippen molar-refractivity contribution in [3.05, 3.63) is 17.5 Å². The van der Waals surface area contributed by atoms with E-state index in [2.05, 4.69) is 5.10 Å². The minimum absolute atomic E-state index is 0.0212. The van der Waals surface area contributed by atoms with Gasteiger partial charge in [0, 0.05) is 12.2 Å². The molecule has 5 nitrogen and oxygen atoms in total. The van der Waals surface area contributed by atoms with Gasteiger partial charge in [0.1, 0.15) is 6.54 Å². The second-order valence-electron chi connectivity index (χ2n) is 3.70. The molecule has 0 aliphatic heterocycles. The van der Waals surface area contributed by atoms with Crippen LogP contribution in [0.5, 0.6) is 0 Å². The molecule has 1 aromatic rings. The summed E-state index contributed by atoms with van der Waals surface area (Å²) in [5.41, 5.74) is 13.1. The van der Waals surface area contributed by atoms with Gasteiger partial charge in [-0.05, 0) is 24.8 Å². The monoisotopic (exact) mass is 194 g/mol. The summed E-state index contributed by atoms with van der Waals surface area (Å²) in [6, 6.07) is 0.0212. The van der Waals surface area contributed by atoms with Crippen molar-refractivity contribution in [3.8, 4) is 0 Å². The van der Waals surface area contributed by atoms with Crippen LogP contribution in [0.2, 0.25) is 0 Å². The number of hydrogen-bond acceptors (Lipinski definition) is 3. The van der Waals surface area contributed by atoms with Crippen LogP contribution in [0, 0.1) is 0 Å². The number of amides is 1. The zero-order valence-electron chi connectivity index (χ0n) is 7.94. The van der Waals surface area contributed by atoms with Crippen molar-refractivity contribution in [2.75, 3.05) is 0 Å². The molecule has 4 N–H and O–H groups in total. The Morgan fingerprint density at radius 1 is 1.71 bits per heavy atom. The molecule has 0 saturated heterocycles. The summed E-state index contributed by atoms with van der Waals surface area (Å²) in [7, 11) is 0. The topological polar surface area (TPSA) is 86.9 Å². The first kappa shape index (κ1) is 9.21. The zero-order chi connectivity index (χ0) is 10.1. The van der Waals surface area contributed by atoms with Crippen LogP contribution in [0.25, 0.3) is 0 Å². The Morgan fingerprint density at radius 3 is 3.14 bits per heavy atom. The molecule has 0 radical (unpaired) electrons. The smallest absolute Gasteiger partial charge is 0.239 e. The van der Waals surface area contributed by atoms with Gasteiger partial charge >= 0.3 is 0 Å². The molecule has 1 atom stereocenters. The first-order chi connectivity index (χ1) is 6.66. The molecular formula is C9H14N4O. The number of rotatable bonds is 2. The van der Waals surface area contributed by atoms with E-state index < -0.39 is 0 Å². The number of carbonyl (C=O) groups excluding carboxylic acids is 1. The fraction of sp³-hybridized carbons (Fsp3) is 0.556. The maximum atomic E-state index is 10.7. The van der Waals surface area contributed by atoms with E-state index >= 15 is 0 Å². The predicted octanol–water partition coefficient (Wildman–Crippen LogP) is -0.296. The molecular weight excluding hydrogens is 180 g/mol. The molecule has 1 aliphatic rings. The summed E-state index contributed by atoms with van der Waals surface area (Å²) in [6.07, 6.45) is 4.94.